The van der Waals surface area contributed by atoms with Crippen molar-refractivity contribution in [2.45, 2.75) is 6.92 Å². The van der Waals surface area contributed by atoms with Crippen molar-refractivity contribution in [3.05, 3.63) is 10.4 Å². The minimum atomic E-state index is -0.641. The molecule has 110 valence electrons. The second kappa shape index (κ2) is 6.10. The molecule has 20 heavy (non-hydrogen) atoms. The summed E-state index contributed by atoms with van der Waals surface area (Å²) in [6.45, 7) is 4.33. The zero-order valence-corrected chi connectivity index (χ0v) is 12.0. The summed E-state index contributed by atoms with van der Waals surface area (Å²) in [4.78, 5) is 25.6. The molecule has 0 unspecified atom stereocenters. The summed E-state index contributed by atoms with van der Waals surface area (Å²) in [5.41, 5.74) is 11.5. The minimum absolute atomic E-state index is 0.0995. The van der Waals surface area contributed by atoms with Crippen molar-refractivity contribution >= 4 is 33.9 Å². The Morgan fingerprint density at radius 3 is 2.60 bits per heavy atom. The van der Waals surface area contributed by atoms with Crippen LogP contribution in [0.25, 0.3) is 0 Å². The monoisotopic (exact) mass is 299 g/mol. The van der Waals surface area contributed by atoms with Gasteiger partial charge in [0.1, 0.15) is 15.4 Å². The lowest BCUT2D eigenvalue weighted by molar-refractivity contribution is 0.0528. The first-order chi connectivity index (χ1) is 9.56. The van der Waals surface area contributed by atoms with Gasteiger partial charge in [-0.15, -0.1) is 11.3 Å². The first kappa shape index (κ1) is 14.6. The van der Waals surface area contributed by atoms with Crippen LogP contribution >= 0.6 is 11.3 Å². The molecule has 1 aliphatic rings. The third-order valence-corrected chi connectivity index (χ3v) is 4.21. The highest BCUT2D eigenvalue weighted by Crippen LogP contribution is 2.38. The van der Waals surface area contributed by atoms with E-state index in [1.807, 2.05) is 4.90 Å². The van der Waals surface area contributed by atoms with Gasteiger partial charge < -0.3 is 25.8 Å². The fourth-order valence-electron chi connectivity index (χ4n) is 2.00. The largest absolute Gasteiger partial charge is 0.462 e. The molecule has 0 aliphatic carbocycles. The van der Waals surface area contributed by atoms with E-state index < -0.39 is 11.9 Å². The number of primary amides is 1. The van der Waals surface area contributed by atoms with Gasteiger partial charge in [0.2, 0.25) is 0 Å². The van der Waals surface area contributed by atoms with Crippen LogP contribution < -0.4 is 16.4 Å². The molecule has 2 heterocycles. The molecular formula is C12H17N3O4S. The molecule has 7 nitrogen and oxygen atoms in total. The van der Waals surface area contributed by atoms with Gasteiger partial charge in [-0.1, -0.05) is 0 Å². The third-order valence-electron chi connectivity index (χ3n) is 2.93. The molecule has 1 saturated heterocycles. The Kier molecular flexibility index (Phi) is 4.46. The molecule has 1 aromatic heterocycles. The minimum Gasteiger partial charge on any atom is -0.462 e. The maximum atomic E-state index is 12.1. The Labute approximate surface area is 120 Å². The van der Waals surface area contributed by atoms with Gasteiger partial charge in [-0.05, 0) is 6.92 Å². The maximum absolute atomic E-state index is 12.1. The van der Waals surface area contributed by atoms with Crippen molar-refractivity contribution in [2.24, 2.45) is 5.73 Å². The van der Waals surface area contributed by atoms with Gasteiger partial charge in [0.15, 0.2) is 0 Å². The van der Waals surface area contributed by atoms with Gasteiger partial charge in [-0.2, -0.15) is 0 Å². The lowest BCUT2D eigenvalue weighted by atomic mass is 10.2. The number of hydrogen-bond acceptors (Lipinski definition) is 7. The van der Waals surface area contributed by atoms with E-state index in [4.69, 9.17) is 20.9 Å². The zero-order valence-electron chi connectivity index (χ0n) is 11.2. The van der Waals surface area contributed by atoms with Crippen LogP contribution in [0.3, 0.4) is 0 Å². The second-order valence-electron chi connectivity index (χ2n) is 4.21. The number of ether oxygens (including phenoxy) is 2. The topological polar surface area (TPSA) is 108 Å². The molecule has 0 saturated carbocycles. The molecule has 0 aromatic carbocycles. The lowest BCUT2D eigenvalue weighted by Gasteiger charge is -2.28. The zero-order chi connectivity index (χ0) is 14.7. The average molecular weight is 299 g/mol. The number of nitrogen functional groups attached to an aromatic ring is 1. The van der Waals surface area contributed by atoms with Crippen molar-refractivity contribution in [2.75, 3.05) is 43.5 Å². The van der Waals surface area contributed by atoms with E-state index in [1.165, 1.54) is 0 Å². The van der Waals surface area contributed by atoms with Gasteiger partial charge in [0.25, 0.3) is 5.91 Å². The summed E-state index contributed by atoms with van der Waals surface area (Å²) in [6, 6.07) is 0. The number of nitrogens with zero attached hydrogens (tertiary/aromatic N) is 1. The molecule has 4 N–H and O–H groups in total. The molecule has 1 aliphatic heterocycles. The predicted octanol–water partition coefficient (Wildman–Crippen LogP) is 0.443. The molecule has 2 rings (SSSR count). The molecule has 8 heteroatoms. The summed E-state index contributed by atoms with van der Waals surface area (Å²) in [6.07, 6.45) is 0. The van der Waals surface area contributed by atoms with Crippen molar-refractivity contribution in [1.82, 2.24) is 0 Å². The smallest absolute Gasteiger partial charge is 0.343 e. The Hall–Kier alpha value is -1.80. The van der Waals surface area contributed by atoms with Crippen molar-refractivity contribution in [3.8, 4) is 0 Å². The van der Waals surface area contributed by atoms with Crippen LogP contribution in [-0.4, -0.2) is 44.8 Å². The Morgan fingerprint density at radius 2 is 2.05 bits per heavy atom. The third kappa shape index (κ3) is 2.70. The number of hydrogen-bond donors (Lipinski definition) is 2. The molecule has 1 fully saturated rings. The normalized spacial score (nSPS) is 15.2. The van der Waals surface area contributed by atoms with Crippen molar-refractivity contribution in [1.29, 1.82) is 0 Å². The Balaban J connectivity index is 2.44. The number of amides is 1. The van der Waals surface area contributed by atoms with E-state index in [9.17, 15) is 9.59 Å². The van der Waals surface area contributed by atoms with Gasteiger partial charge in [-0.3, -0.25) is 4.79 Å². The van der Waals surface area contributed by atoms with Crippen LogP contribution in [0, 0.1) is 0 Å². The van der Waals surface area contributed by atoms with E-state index in [-0.39, 0.29) is 22.7 Å². The fourth-order valence-corrected chi connectivity index (χ4v) is 3.12. The highest BCUT2D eigenvalue weighted by Gasteiger charge is 2.29. The Bertz CT molecular complexity index is 523. The summed E-state index contributed by atoms with van der Waals surface area (Å²) >= 11 is 1.12. The summed E-state index contributed by atoms with van der Waals surface area (Å²) in [5.74, 6) is -1.17. The quantitative estimate of drug-likeness (QED) is 0.781. The molecule has 0 atom stereocenters. The lowest BCUT2D eigenvalue weighted by Crippen LogP contribution is -2.36. The SMILES string of the molecule is CCOC(=O)c1c(N2CCOCC2)sc(C(N)=O)c1N. The molecule has 0 radical (unpaired) electrons. The summed E-state index contributed by atoms with van der Waals surface area (Å²) in [7, 11) is 0. The number of thiophene rings is 1. The van der Waals surface area contributed by atoms with E-state index in [2.05, 4.69) is 0 Å². The van der Waals surface area contributed by atoms with E-state index in [0.29, 0.717) is 31.3 Å². The number of esters is 1. The first-order valence-electron chi connectivity index (χ1n) is 6.28. The highest BCUT2D eigenvalue weighted by atomic mass is 32.1. The highest BCUT2D eigenvalue weighted by molar-refractivity contribution is 7.19. The van der Waals surface area contributed by atoms with Crippen molar-refractivity contribution in [3.63, 3.8) is 0 Å². The van der Waals surface area contributed by atoms with Crippen LogP contribution in [0.5, 0.6) is 0 Å². The van der Waals surface area contributed by atoms with Crippen LogP contribution in [0.1, 0.15) is 27.0 Å². The van der Waals surface area contributed by atoms with E-state index in [0.717, 1.165) is 11.3 Å². The number of morpholine rings is 1. The van der Waals surface area contributed by atoms with E-state index >= 15 is 0 Å². The van der Waals surface area contributed by atoms with Gasteiger partial charge >= 0.3 is 5.97 Å². The number of rotatable bonds is 4. The van der Waals surface area contributed by atoms with Gasteiger partial charge in [-0.25, -0.2) is 4.79 Å². The van der Waals surface area contributed by atoms with Crippen molar-refractivity contribution < 1.29 is 19.1 Å². The first-order valence-corrected chi connectivity index (χ1v) is 7.09. The standard InChI is InChI=1S/C12H17N3O4S/c1-2-19-12(17)7-8(13)9(10(14)16)20-11(7)15-3-5-18-6-4-15/h2-6,13H2,1H3,(H2,14,16). The molecule has 1 aromatic rings. The summed E-state index contributed by atoms with van der Waals surface area (Å²) in [5, 5.41) is 0.623. The van der Waals surface area contributed by atoms with E-state index in [1.54, 1.807) is 6.92 Å². The molecular weight excluding hydrogens is 282 g/mol. The molecule has 0 bridgehead atoms. The van der Waals surface area contributed by atoms with Crippen LogP contribution in [0.4, 0.5) is 10.7 Å². The average Bonchev–Trinajstić information content (AvgIpc) is 2.78. The molecule has 0 spiro atoms. The Morgan fingerprint density at radius 1 is 1.40 bits per heavy atom. The number of nitrogens with two attached hydrogens (primary N) is 2. The van der Waals surface area contributed by atoms with Crippen LogP contribution in [-0.2, 0) is 9.47 Å². The number of anilines is 2. The predicted molar refractivity (Wildman–Crippen MR) is 76.2 cm³/mol. The van der Waals surface area contributed by atoms with Gasteiger partial charge in [0.05, 0.1) is 25.5 Å². The van der Waals surface area contributed by atoms with Gasteiger partial charge in [0, 0.05) is 13.1 Å². The van der Waals surface area contributed by atoms with Crippen LogP contribution in [0.15, 0.2) is 0 Å². The number of carbonyl (C=O) groups is 2. The maximum Gasteiger partial charge on any atom is 0.343 e. The number of carbonyl (C=O) groups excluding carboxylic acids is 2. The molecule has 1 amide bonds. The fraction of sp³-hybridized carbons (Fsp3) is 0.500. The van der Waals surface area contributed by atoms with Crippen LogP contribution in [0.2, 0.25) is 0 Å². The summed E-state index contributed by atoms with van der Waals surface area (Å²) < 4.78 is 10.3. The second-order valence-corrected chi connectivity index (χ2v) is 5.21.